The fraction of sp³-hybridized carbons (Fsp3) is 0.655. The first kappa shape index (κ1) is 29.5. The van der Waals surface area contributed by atoms with Crippen LogP contribution in [-0.2, 0) is 16.1 Å². The lowest BCUT2D eigenvalue weighted by atomic mass is 9.41. The molecule has 10 heteroatoms. The van der Waals surface area contributed by atoms with Crippen molar-refractivity contribution in [3.8, 4) is 0 Å². The molecule has 0 spiro atoms. The van der Waals surface area contributed by atoms with Gasteiger partial charge >= 0.3 is 0 Å². The summed E-state index contributed by atoms with van der Waals surface area (Å²) in [6, 6.07) is 3.16. The van der Waals surface area contributed by atoms with Crippen LogP contribution in [0, 0.1) is 39.9 Å². The van der Waals surface area contributed by atoms with Gasteiger partial charge < -0.3 is 10.3 Å². The third kappa shape index (κ3) is 4.71. The van der Waals surface area contributed by atoms with Crippen molar-refractivity contribution in [2.45, 2.75) is 63.1 Å². The SMILES string of the molecule is CSc1ccc(CN(O)CC2CC3(C)C4CC(F)C5=CC(=O)C=CC5(C)C4C(O)CC3(C)C2C(=O)SCF)s1. The lowest BCUT2D eigenvalue weighted by molar-refractivity contribution is -0.169. The third-order valence-electron chi connectivity index (χ3n) is 10.5. The van der Waals surface area contributed by atoms with Crippen LogP contribution in [0.4, 0.5) is 8.78 Å². The first-order chi connectivity index (χ1) is 18.4. The van der Waals surface area contributed by atoms with Crippen LogP contribution in [-0.4, -0.2) is 57.4 Å². The Morgan fingerprint density at radius 3 is 2.64 bits per heavy atom. The summed E-state index contributed by atoms with van der Waals surface area (Å²) in [5.74, 6) is -1.69. The zero-order valence-corrected chi connectivity index (χ0v) is 25.2. The summed E-state index contributed by atoms with van der Waals surface area (Å²) in [6.45, 7) is 6.56. The molecule has 5 rings (SSSR count). The monoisotopic (exact) mass is 597 g/mol. The van der Waals surface area contributed by atoms with E-state index in [0.717, 1.165) is 9.09 Å². The molecule has 2 N–H and O–H groups in total. The molecule has 0 aliphatic heterocycles. The second kappa shape index (κ2) is 10.7. The summed E-state index contributed by atoms with van der Waals surface area (Å²) >= 11 is 3.90. The standard InChI is InChI=1S/C29H37F2NO4S3/c1-27-8-7-17(33)9-19(27)21(31)10-20-25(27)22(34)12-29(3)24(26(35)38-15-30)16(11-28(20,29)2)13-32(36)14-18-5-6-23(37-4)39-18/h5-9,16,20-22,24-25,34,36H,10-15H2,1-4H3. The van der Waals surface area contributed by atoms with Gasteiger partial charge in [0, 0.05) is 28.7 Å². The quantitative estimate of drug-likeness (QED) is 0.282. The van der Waals surface area contributed by atoms with Crippen molar-refractivity contribution in [1.29, 1.82) is 0 Å². The Labute approximate surface area is 241 Å². The van der Waals surface area contributed by atoms with Crippen molar-refractivity contribution in [1.82, 2.24) is 5.06 Å². The van der Waals surface area contributed by atoms with Crippen LogP contribution in [0.3, 0.4) is 0 Å². The number of allylic oxidation sites excluding steroid dienone is 4. The average molecular weight is 598 g/mol. The minimum absolute atomic E-state index is 0.162. The first-order valence-electron chi connectivity index (χ1n) is 13.4. The molecule has 4 aliphatic carbocycles. The number of thioether (sulfide) groups is 2. The summed E-state index contributed by atoms with van der Waals surface area (Å²) in [4.78, 5) is 26.6. The van der Waals surface area contributed by atoms with Gasteiger partial charge in [-0.2, -0.15) is 5.06 Å². The number of carbonyl (C=O) groups is 2. The summed E-state index contributed by atoms with van der Waals surface area (Å²) in [7, 11) is 0. The molecule has 3 fully saturated rings. The predicted octanol–water partition coefficient (Wildman–Crippen LogP) is 6.31. The molecule has 5 nitrogen and oxygen atoms in total. The lowest BCUT2D eigenvalue weighted by Gasteiger charge is -2.63. The topological polar surface area (TPSA) is 77.8 Å². The van der Waals surface area contributed by atoms with E-state index < -0.39 is 40.4 Å². The van der Waals surface area contributed by atoms with Crippen molar-refractivity contribution >= 4 is 45.8 Å². The summed E-state index contributed by atoms with van der Waals surface area (Å²) in [6.07, 6.45) is 5.51. The molecular formula is C29H37F2NO4S3. The Balaban J connectivity index is 1.50. The lowest BCUT2D eigenvalue weighted by Crippen LogP contribution is -2.62. The minimum atomic E-state index is -1.33. The molecule has 1 aromatic rings. The van der Waals surface area contributed by atoms with E-state index in [9.17, 15) is 24.3 Å². The van der Waals surface area contributed by atoms with E-state index in [-0.39, 0.29) is 41.6 Å². The highest BCUT2D eigenvalue weighted by Gasteiger charge is 2.71. The third-order valence-corrected chi connectivity index (χ3v) is 13.3. The van der Waals surface area contributed by atoms with Gasteiger partial charge in [-0.3, -0.25) is 9.59 Å². The number of carbonyl (C=O) groups excluding carboxylic acids is 2. The van der Waals surface area contributed by atoms with Gasteiger partial charge in [0.15, 0.2) is 10.9 Å². The van der Waals surface area contributed by atoms with Gasteiger partial charge in [0.2, 0.25) is 0 Å². The molecule has 4 aliphatic rings. The van der Waals surface area contributed by atoms with Gasteiger partial charge in [-0.05, 0) is 78.0 Å². The fourth-order valence-corrected chi connectivity index (χ4v) is 11.1. The summed E-state index contributed by atoms with van der Waals surface area (Å²) < 4.78 is 30.4. The molecule has 9 atom stereocenters. The molecule has 0 saturated heterocycles. The highest BCUT2D eigenvalue weighted by molar-refractivity contribution is 8.13. The Morgan fingerprint density at radius 2 is 1.97 bits per heavy atom. The molecule has 9 unspecified atom stereocenters. The van der Waals surface area contributed by atoms with Crippen molar-refractivity contribution in [3.05, 3.63) is 40.8 Å². The second-order valence-electron chi connectivity index (χ2n) is 12.3. The smallest absolute Gasteiger partial charge is 0.195 e. The van der Waals surface area contributed by atoms with Crippen molar-refractivity contribution < 1.29 is 28.7 Å². The number of ketones is 1. The molecule has 1 heterocycles. The number of hydroxylamine groups is 2. The van der Waals surface area contributed by atoms with Crippen LogP contribution in [0.15, 0.2) is 40.1 Å². The number of thiophene rings is 1. The number of rotatable bonds is 7. The number of hydrogen-bond acceptors (Lipinski definition) is 8. The molecule has 39 heavy (non-hydrogen) atoms. The number of aliphatic hydroxyl groups excluding tert-OH is 1. The number of hydrogen-bond donors (Lipinski definition) is 2. The molecule has 0 aromatic carbocycles. The first-order valence-corrected chi connectivity index (χ1v) is 16.5. The van der Waals surface area contributed by atoms with Crippen LogP contribution in [0.2, 0.25) is 0 Å². The summed E-state index contributed by atoms with van der Waals surface area (Å²) in [5, 5.41) is 23.7. The van der Waals surface area contributed by atoms with E-state index in [4.69, 9.17) is 0 Å². The van der Waals surface area contributed by atoms with E-state index in [1.54, 1.807) is 29.2 Å². The average Bonchev–Trinajstić information content (AvgIpc) is 3.39. The van der Waals surface area contributed by atoms with Gasteiger partial charge in [-0.25, -0.2) is 8.78 Å². The Hall–Kier alpha value is -1.04. The molecule has 214 valence electrons. The van der Waals surface area contributed by atoms with Crippen molar-refractivity contribution in [2.24, 2.45) is 39.9 Å². The zero-order valence-electron chi connectivity index (χ0n) is 22.7. The van der Waals surface area contributed by atoms with Gasteiger partial charge in [-0.15, -0.1) is 23.1 Å². The van der Waals surface area contributed by atoms with Crippen LogP contribution in [0.1, 0.15) is 44.9 Å². The normalized spacial score (nSPS) is 41.3. The van der Waals surface area contributed by atoms with Crippen LogP contribution >= 0.6 is 34.9 Å². The van der Waals surface area contributed by atoms with E-state index >= 15 is 4.39 Å². The number of fused-ring (bicyclic) bond motifs is 5. The van der Waals surface area contributed by atoms with Gasteiger partial charge in [0.25, 0.3) is 0 Å². The Kier molecular flexibility index (Phi) is 8.05. The number of alkyl halides is 2. The molecule has 0 bridgehead atoms. The minimum Gasteiger partial charge on any atom is -0.393 e. The second-order valence-corrected chi connectivity index (χ2v) is 15.5. The molecule has 1 aromatic heterocycles. The maximum Gasteiger partial charge on any atom is 0.195 e. The van der Waals surface area contributed by atoms with E-state index in [2.05, 4.69) is 6.92 Å². The van der Waals surface area contributed by atoms with Gasteiger partial charge in [0.1, 0.15) is 12.2 Å². The van der Waals surface area contributed by atoms with E-state index in [0.29, 0.717) is 36.7 Å². The fourth-order valence-electron chi connectivity index (χ4n) is 8.78. The Bertz CT molecular complexity index is 1200. The maximum absolute atomic E-state index is 15.8. The number of nitrogens with zero attached hydrogens (tertiary/aromatic N) is 1. The molecule has 3 saturated carbocycles. The van der Waals surface area contributed by atoms with E-state index in [1.807, 2.05) is 32.2 Å². The Morgan fingerprint density at radius 1 is 1.23 bits per heavy atom. The van der Waals surface area contributed by atoms with Crippen molar-refractivity contribution in [2.75, 3.05) is 18.8 Å². The molecular weight excluding hydrogens is 561 g/mol. The van der Waals surface area contributed by atoms with Crippen LogP contribution in [0.25, 0.3) is 0 Å². The molecule has 0 radical (unpaired) electrons. The highest BCUT2D eigenvalue weighted by atomic mass is 32.2. The van der Waals surface area contributed by atoms with Gasteiger partial charge in [0.05, 0.1) is 16.9 Å². The number of aliphatic hydroxyl groups is 1. The largest absolute Gasteiger partial charge is 0.393 e. The van der Waals surface area contributed by atoms with E-state index in [1.165, 1.54) is 17.2 Å². The maximum atomic E-state index is 15.8. The molecule has 0 amide bonds. The summed E-state index contributed by atoms with van der Waals surface area (Å²) in [5.41, 5.74) is -1.62. The number of halogens is 2. The van der Waals surface area contributed by atoms with Crippen LogP contribution < -0.4 is 0 Å². The predicted molar refractivity (Wildman–Crippen MR) is 152 cm³/mol. The highest BCUT2D eigenvalue weighted by Crippen LogP contribution is 2.73. The van der Waals surface area contributed by atoms with Crippen LogP contribution in [0.5, 0.6) is 0 Å². The zero-order chi connectivity index (χ0) is 28.3. The van der Waals surface area contributed by atoms with Gasteiger partial charge in [-0.1, -0.05) is 38.6 Å². The van der Waals surface area contributed by atoms with Crippen molar-refractivity contribution in [3.63, 3.8) is 0 Å².